The molecule has 1 aliphatic rings. The summed E-state index contributed by atoms with van der Waals surface area (Å²) in [7, 11) is 0. The number of amides is 1. The average Bonchev–Trinajstić information content (AvgIpc) is 3.00. The van der Waals surface area contributed by atoms with Gasteiger partial charge in [-0.2, -0.15) is 0 Å². The SMILES string of the molecule is O=C(CCn1c(=O)[nH]c(=O)c2ccccc21)NC1=NCCS1. The highest BCUT2D eigenvalue weighted by molar-refractivity contribution is 8.14. The number of nitrogens with one attached hydrogen (secondary N) is 2. The molecular formula is C14H14N4O3S. The van der Waals surface area contributed by atoms with Gasteiger partial charge in [-0.25, -0.2) is 4.79 Å². The summed E-state index contributed by atoms with van der Waals surface area (Å²) in [4.78, 5) is 42.0. The summed E-state index contributed by atoms with van der Waals surface area (Å²) >= 11 is 1.50. The zero-order valence-corrected chi connectivity index (χ0v) is 12.5. The van der Waals surface area contributed by atoms with Crippen molar-refractivity contribution >= 4 is 33.7 Å². The molecule has 1 aromatic carbocycles. The van der Waals surface area contributed by atoms with Crippen LogP contribution in [0.15, 0.2) is 38.8 Å². The number of aryl methyl sites for hydroxylation is 1. The number of amidine groups is 1. The lowest BCUT2D eigenvalue weighted by Gasteiger charge is -2.09. The van der Waals surface area contributed by atoms with E-state index in [4.69, 9.17) is 0 Å². The quantitative estimate of drug-likeness (QED) is 0.850. The number of benzene rings is 1. The topological polar surface area (TPSA) is 96.3 Å². The monoisotopic (exact) mass is 318 g/mol. The summed E-state index contributed by atoms with van der Waals surface area (Å²) in [5, 5.41) is 3.77. The fraction of sp³-hybridized carbons (Fsp3) is 0.286. The van der Waals surface area contributed by atoms with E-state index in [1.165, 1.54) is 16.3 Å². The van der Waals surface area contributed by atoms with Crippen LogP contribution in [0.3, 0.4) is 0 Å². The van der Waals surface area contributed by atoms with Gasteiger partial charge >= 0.3 is 5.69 Å². The van der Waals surface area contributed by atoms with Gasteiger partial charge in [0.15, 0.2) is 5.17 Å². The smallest absolute Gasteiger partial charge is 0.305 e. The molecule has 0 spiro atoms. The largest absolute Gasteiger partial charge is 0.328 e. The van der Waals surface area contributed by atoms with Crippen LogP contribution < -0.4 is 16.6 Å². The Morgan fingerprint density at radius 2 is 2.18 bits per heavy atom. The lowest BCUT2D eigenvalue weighted by atomic mass is 10.2. The molecule has 7 nitrogen and oxygen atoms in total. The first-order chi connectivity index (χ1) is 10.6. The van der Waals surface area contributed by atoms with Crippen molar-refractivity contribution in [2.45, 2.75) is 13.0 Å². The Kier molecular flexibility index (Phi) is 4.10. The zero-order valence-electron chi connectivity index (χ0n) is 11.7. The molecule has 0 saturated heterocycles. The number of fused-ring (bicyclic) bond motifs is 1. The summed E-state index contributed by atoms with van der Waals surface area (Å²) in [5.41, 5.74) is -0.404. The summed E-state index contributed by atoms with van der Waals surface area (Å²) in [6.45, 7) is 0.907. The molecular weight excluding hydrogens is 304 g/mol. The van der Waals surface area contributed by atoms with E-state index in [1.54, 1.807) is 24.3 Å². The van der Waals surface area contributed by atoms with Crippen molar-refractivity contribution < 1.29 is 4.79 Å². The molecule has 2 N–H and O–H groups in total. The summed E-state index contributed by atoms with van der Waals surface area (Å²) in [6, 6.07) is 6.82. The molecule has 2 aromatic rings. The highest BCUT2D eigenvalue weighted by Crippen LogP contribution is 2.10. The van der Waals surface area contributed by atoms with E-state index in [0.29, 0.717) is 22.6 Å². The first-order valence-corrected chi connectivity index (χ1v) is 7.82. The molecule has 1 amide bonds. The second-order valence-corrected chi connectivity index (χ2v) is 5.85. The van der Waals surface area contributed by atoms with Crippen molar-refractivity contribution in [3.8, 4) is 0 Å². The van der Waals surface area contributed by atoms with Crippen LogP contribution in [0, 0.1) is 0 Å². The van der Waals surface area contributed by atoms with Crippen LogP contribution >= 0.6 is 11.8 Å². The highest BCUT2D eigenvalue weighted by Gasteiger charge is 2.12. The molecule has 0 aliphatic carbocycles. The summed E-state index contributed by atoms with van der Waals surface area (Å²) in [5.74, 6) is 0.676. The van der Waals surface area contributed by atoms with E-state index in [1.807, 2.05) is 0 Å². The number of thioether (sulfide) groups is 1. The third-order valence-electron chi connectivity index (χ3n) is 3.30. The fourth-order valence-electron chi connectivity index (χ4n) is 2.27. The molecule has 2 heterocycles. The number of para-hydroxylation sites is 1. The van der Waals surface area contributed by atoms with Gasteiger partial charge in [0.05, 0.1) is 17.4 Å². The molecule has 0 saturated carbocycles. The third kappa shape index (κ3) is 2.96. The van der Waals surface area contributed by atoms with Crippen LogP contribution in [-0.2, 0) is 11.3 Å². The van der Waals surface area contributed by atoms with E-state index in [0.717, 1.165) is 5.75 Å². The Balaban J connectivity index is 1.80. The molecule has 1 aromatic heterocycles. The van der Waals surface area contributed by atoms with Gasteiger partial charge in [-0.15, -0.1) is 0 Å². The third-order valence-corrected chi connectivity index (χ3v) is 4.19. The Bertz CT molecular complexity index is 868. The molecule has 3 rings (SSSR count). The van der Waals surface area contributed by atoms with Crippen molar-refractivity contribution in [1.29, 1.82) is 0 Å². The molecule has 0 unspecified atom stereocenters. The number of aliphatic imine (C=N–C) groups is 1. The minimum Gasteiger partial charge on any atom is -0.305 e. The van der Waals surface area contributed by atoms with Gasteiger partial charge in [0.2, 0.25) is 5.91 Å². The molecule has 22 heavy (non-hydrogen) atoms. The zero-order chi connectivity index (χ0) is 15.5. The molecule has 0 atom stereocenters. The van der Waals surface area contributed by atoms with Gasteiger partial charge in [-0.05, 0) is 12.1 Å². The number of nitrogens with zero attached hydrogens (tertiary/aromatic N) is 2. The Labute approximate surface area is 129 Å². The van der Waals surface area contributed by atoms with Crippen molar-refractivity contribution in [3.63, 3.8) is 0 Å². The molecule has 1 aliphatic heterocycles. The molecule has 114 valence electrons. The Hall–Kier alpha value is -2.35. The number of carbonyl (C=O) groups is 1. The van der Waals surface area contributed by atoms with E-state index < -0.39 is 11.2 Å². The Morgan fingerprint density at radius 3 is 2.95 bits per heavy atom. The van der Waals surface area contributed by atoms with Gasteiger partial charge in [-0.3, -0.25) is 24.1 Å². The predicted octanol–water partition coefficient (Wildman–Crippen LogP) is 0.299. The van der Waals surface area contributed by atoms with Crippen LogP contribution in [-0.4, -0.2) is 32.9 Å². The number of rotatable bonds is 3. The number of hydrogen-bond donors (Lipinski definition) is 2. The van der Waals surface area contributed by atoms with E-state index in [2.05, 4.69) is 15.3 Å². The maximum absolute atomic E-state index is 12.0. The maximum atomic E-state index is 12.0. The Morgan fingerprint density at radius 1 is 1.36 bits per heavy atom. The predicted molar refractivity (Wildman–Crippen MR) is 86.3 cm³/mol. The van der Waals surface area contributed by atoms with Crippen LogP contribution in [0.4, 0.5) is 0 Å². The number of aromatic amines is 1. The van der Waals surface area contributed by atoms with E-state index >= 15 is 0 Å². The number of H-pyrrole nitrogens is 1. The van der Waals surface area contributed by atoms with Crippen LogP contribution in [0.25, 0.3) is 10.9 Å². The van der Waals surface area contributed by atoms with Gasteiger partial charge in [0, 0.05) is 18.7 Å². The number of hydrogen-bond acceptors (Lipinski definition) is 5. The number of carbonyl (C=O) groups excluding carboxylic acids is 1. The second kappa shape index (κ2) is 6.18. The summed E-state index contributed by atoms with van der Waals surface area (Å²) in [6.07, 6.45) is 0.134. The van der Waals surface area contributed by atoms with Gasteiger partial charge in [0.1, 0.15) is 0 Å². The first kappa shape index (κ1) is 14.6. The first-order valence-electron chi connectivity index (χ1n) is 6.84. The van der Waals surface area contributed by atoms with Crippen molar-refractivity contribution in [1.82, 2.24) is 14.9 Å². The molecule has 0 fully saturated rings. The van der Waals surface area contributed by atoms with Gasteiger partial charge < -0.3 is 5.32 Å². The lowest BCUT2D eigenvalue weighted by molar-refractivity contribution is -0.119. The minimum atomic E-state index is -0.510. The number of aromatic nitrogens is 2. The summed E-state index contributed by atoms with van der Waals surface area (Å²) < 4.78 is 1.40. The maximum Gasteiger partial charge on any atom is 0.328 e. The molecule has 8 heteroatoms. The van der Waals surface area contributed by atoms with E-state index in [-0.39, 0.29) is 18.9 Å². The second-order valence-electron chi connectivity index (χ2n) is 4.76. The fourth-order valence-corrected chi connectivity index (χ4v) is 3.01. The van der Waals surface area contributed by atoms with Crippen molar-refractivity contribution in [2.24, 2.45) is 4.99 Å². The lowest BCUT2D eigenvalue weighted by Crippen LogP contribution is -2.33. The normalized spacial score (nSPS) is 14.1. The van der Waals surface area contributed by atoms with Crippen LogP contribution in [0.5, 0.6) is 0 Å². The average molecular weight is 318 g/mol. The van der Waals surface area contributed by atoms with Crippen molar-refractivity contribution in [3.05, 3.63) is 45.1 Å². The van der Waals surface area contributed by atoms with Crippen LogP contribution in [0.1, 0.15) is 6.42 Å². The van der Waals surface area contributed by atoms with Gasteiger partial charge in [-0.1, -0.05) is 23.9 Å². The van der Waals surface area contributed by atoms with E-state index in [9.17, 15) is 14.4 Å². The molecule has 0 bridgehead atoms. The molecule has 0 radical (unpaired) electrons. The highest BCUT2D eigenvalue weighted by atomic mass is 32.2. The van der Waals surface area contributed by atoms with Crippen LogP contribution in [0.2, 0.25) is 0 Å². The van der Waals surface area contributed by atoms with Gasteiger partial charge in [0.25, 0.3) is 5.56 Å². The van der Waals surface area contributed by atoms with Crippen molar-refractivity contribution in [2.75, 3.05) is 12.3 Å². The minimum absolute atomic E-state index is 0.134. The standard InChI is InChI=1S/C14H14N4O3S/c19-11(16-13-15-6-8-22-13)5-7-18-10-4-2-1-3-9(10)12(20)17-14(18)21/h1-4H,5-8H2,(H,15,16,19)(H,17,20,21).